The van der Waals surface area contributed by atoms with E-state index >= 15 is 0 Å². The monoisotopic (exact) mass is 264 g/mol. The molecular formula is C16H28N2O. The third kappa shape index (κ3) is 4.64. The van der Waals surface area contributed by atoms with Gasteiger partial charge in [0.1, 0.15) is 0 Å². The van der Waals surface area contributed by atoms with Crippen LogP contribution in [-0.4, -0.2) is 21.0 Å². The lowest BCUT2D eigenvalue weighted by molar-refractivity contribution is 0.155. The van der Waals surface area contributed by atoms with Crippen LogP contribution in [-0.2, 0) is 6.42 Å². The predicted molar refractivity (Wildman–Crippen MR) is 78.1 cm³/mol. The van der Waals surface area contributed by atoms with Gasteiger partial charge in [-0.25, -0.2) is 0 Å². The minimum absolute atomic E-state index is 0.239. The van der Waals surface area contributed by atoms with Gasteiger partial charge in [0.05, 0.1) is 17.8 Å². The van der Waals surface area contributed by atoms with E-state index in [0.29, 0.717) is 18.4 Å². The molecule has 19 heavy (non-hydrogen) atoms. The fourth-order valence-electron chi connectivity index (χ4n) is 2.90. The van der Waals surface area contributed by atoms with Crippen molar-refractivity contribution in [3.05, 3.63) is 18.0 Å². The molecule has 108 valence electrons. The Balaban J connectivity index is 1.82. The zero-order chi connectivity index (χ0) is 13.7. The van der Waals surface area contributed by atoms with Gasteiger partial charge >= 0.3 is 0 Å². The Hall–Kier alpha value is -0.830. The number of hydrogen-bond donors (Lipinski definition) is 1. The highest BCUT2D eigenvalue weighted by Gasteiger charge is 2.16. The molecule has 0 saturated heterocycles. The quantitative estimate of drug-likeness (QED) is 0.850. The number of aromatic nitrogens is 2. The molecule has 0 spiro atoms. The van der Waals surface area contributed by atoms with Gasteiger partial charge in [0.15, 0.2) is 0 Å². The van der Waals surface area contributed by atoms with E-state index in [1.807, 2.05) is 0 Å². The SMILES string of the molecule is CC(C)CCC(O)Cc1ccn(C2CCCCC2)n1. The van der Waals surface area contributed by atoms with Crippen LogP contribution in [0.4, 0.5) is 0 Å². The van der Waals surface area contributed by atoms with Gasteiger partial charge in [-0.3, -0.25) is 4.68 Å². The first-order chi connectivity index (χ1) is 9.15. The van der Waals surface area contributed by atoms with E-state index in [9.17, 15) is 5.11 Å². The lowest BCUT2D eigenvalue weighted by atomic mass is 9.96. The molecule has 1 heterocycles. The Bertz CT molecular complexity index is 367. The number of hydrogen-bond acceptors (Lipinski definition) is 2. The smallest absolute Gasteiger partial charge is 0.0650 e. The zero-order valence-electron chi connectivity index (χ0n) is 12.4. The highest BCUT2D eigenvalue weighted by molar-refractivity contribution is 5.01. The van der Waals surface area contributed by atoms with Crippen LogP contribution in [0.2, 0.25) is 0 Å². The summed E-state index contributed by atoms with van der Waals surface area (Å²) in [5.41, 5.74) is 1.04. The van der Waals surface area contributed by atoms with Crippen LogP contribution < -0.4 is 0 Å². The molecule has 0 aliphatic heterocycles. The molecule has 2 rings (SSSR count). The van der Waals surface area contributed by atoms with Crippen LogP contribution in [0.25, 0.3) is 0 Å². The summed E-state index contributed by atoms with van der Waals surface area (Å²) in [7, 11) is 0. The van der Waals surface area contributed by atoms with Gasteiger partial charge in [-0.05, 0) is 37.7 Å². The van der Waals surface area contributed by atoms with Crippen LogP contribution in [0.1, 0.15) is 70.5 Å². The molecule has 1 unspecified atom stereocenters. The summed E-state index contributed by atoms with van der Waals surface area (Å²) in [5, 5.41) is 14.7. The van der Waals surface area contributed by atoms with Crippen molar-refractivity contribution in [1.29, 1.82) is 0 Å². The second-order valence-electron chi connectivity index (χ2n) is 6.41. The van der Waals surface area contributed by atoms with Crippen LogP contribution in [0, 0.1) is 5.92 Å². The van der Waals surface area contributed by atoms with Gasteiger partial charge in [-0.2, -0.15) is 5.10 Å². The molecule has 0 aromatic carbocycles. The van der Waals surface area contributed by atoms with E-state index in [1.165, 1.54) is 32.1 Å². The molecule has 1 aliphatic rings. The maximum Gasteiger partial charge on any atom is 0.0650 e. The van der Waals surface area contributed by atoms with Crippen molar-refractivity contribution < 1.29 is 5.11 Å². The first-order valence-corrected chi connectivity index (χ1v) is 7.87. The average molecular weight is 264 g/mol. The normalized spacial score (nSPS) is 18.9. The van der Waals surface area contributed by atoms with Crippen molar-refractivity contribution in [2.45, 2.75) is 77.4 Å². The van der Waals surface area contributed by atoms with E-state index in [2.05, 4.69) is 35.9 Å². The number of aliphatic hydroxyl groups excluding tert-OH is 1. The molecule has 1 saturated carbocycles. The van der Waals surface area contributed by atoms with Crippen LogP contribution in [0.5, 0.6) is 0 Å². The Kier molecular flexibility index (Phi) is 5.44. The van der Waals surface area contributed by atoms with Gasteiger partial charge in [0.25, 0.3) is 0 Å². The Labute approximate surface area is 117 Å². The summed E-state index contributed by atoms with van der Waals surface area (Å²) < 4.78 is 2.13. The van der Waals surface area contributed by atoms with Gasteiger partial charge in [0.2, 0.25) is 0 Å². The van der Waals surface area contributed by atoms with E-state index in [0.717, 1.165) is 18.5 Å². The predicted octanol–water partition coefficient (Wildman–Crippen LogP) is 3.73. The van der Waals surface area contributed by atoms with Gasteiger partial charge in [0, 0.05) is 12.6 Å². The topological polar surface area (TPSA) is 38.0 Å². The molecule has 3 heteroatoms. The third-order valence-electron chi connectivity index (χ3n) is 4.13. The summed E-state index contributed by atoms with van der Waals surface area (Å²) >= 11 is 0. The number of rotatable bonds is 6. The van der Waals surface area contributed by atoms with E-state index in [4.69, 9.17) is 0 Å². The maximum atomic E-state index is 10.0. The molecule has 1 aromatic rings. The Morgan fingerprint density at radius 1 is 1.26 bits per heavy atom. The van der Waals surface area contributed by atoms with E-state index in [-0.39, 0.29) is 6.10 Å². The van der Waals surface area contributed by atoms with Gasteiger partial charge in [-0.15, -0.1) is 0 Å². The van der Waals surface area contributed by atoms with Gasteiger partial charge < -0.3 is 5.11 Å². The first-order valence-electron chi connectivity index (χ1n) is 7.87. The number of aliphatic hydroxyl groups is 1. The first kappa shape index (κ1) is 14.6. The summed E-state index contributed by atoms with van der Waals surface area (Å²) in [6.45, 7) is 4.40. The minimum atomic E-state index is -0.239. The summed E-state index contributed by atoms with van der Waals surface area (Å²) in [4.78, 5) is 0. The van der Waals surface area contributed by atoms with Crippen LogP contribution in [0.15, 0.2) is 12.3 Å². The summed E-state index contributed by atoms with van der Waals surface area (Å²) in [6.07, 6.45) is 11.1. The minimum Gasteiger partial charge on any atom is -0.393 e. The van der Waals surface area contributed by atoms with Crippen LogP contribution >= 0.6 is 0 Å². The van der Waals surface area contributed by atoms with Crippen molar-refractivity contribution in [1.82, 2.24) is 9.78 Å². The molecule has 1 aliphatic carbocycles. The van der Waals surface area contributed by atoms with E-state index in [1.54, 1.807) is 0 Å². The van der Waals surface area contributed by atoms with E-state index < -0.39 is 0 Å². The van der Waals surface area contributed by atoms with Crippen molar-refractivity contribution in [2.24, 2.45) is 5.92 Å². The lowest BCUT2D eigenvalue weighted by Gasteiger charge is -2.21. The third-order valence-corrected chi connectivity index (χ3v) is 4.13. The molecule has 1 atom stereocenters. The average Bonchev–Trinajstić information content (AvgIpc) is 2.86. The van der Waals surface area contributed by atoms with Gasteiger partial charge in [-0.1, -0.05) is 33.1 Å². The fraction of sp³-hybridized carbons (Fsp3) is 0.812. The van der Waals surface area contributed by atoms with Crippen molar-refractivity contribution in [3.63, 3.8) is 0 Å². The molecule has 1 aromatic heterocycles. The molecule has 0 radical (unpaired) electrons. The van der Waals surface area contributed by atoms with Crippen molar-refractivity contribution >= 4 is 0 Å². The molecule has 0 amide bonds. The van der Waals surface area contributed by atoms with Crippen molar-refractivity contribution in [2.75, 3.05) is 0 Å². The Morgan fingerprint density at radius 2 is 2.00 bits per heavy atom. The largest absolute Gasteiger partial charge is 0.393 e. The Morgan fingerprint density at radius 3 is 2.68 bits per heavy atom. The van der Waals surface area contributed by atoms with Crippen molar-refractivity contribution in [3.8, 4) is 0 Å². The summed E-state index contributed by atoms with van der Waals surface area (Å²) in [5.74, 6) is 0.662. The second kappa shape index (κ2) is 7.09. The fourth-order valence-corrected chi connectivity index (χ4v) is 2.90. The molecular weight excluding hydrogens is 236 g/mol. The number of nitrogens with zero attached hydrogens (tertiary/aromatic N) is 2. The standard InChI is InChI=1S/C16H28N2O/c1-13(2)8-9-16(19)12-14-10-11-18(17-14)15-6-4-3-5-7-15/h10-11,13,15-16,19H,3-9,12H2,1-2H3. The second-order valence-corrected chi connectivity index (χ2v) is 6.41. The highest BCUT2D eigenvalue weighted by Crippen LogP contribution is 2.27. The molecule has 0 bridgehead atoms. The molecule has 1 fully saturated rings. The summed E-state index contributed by atoms with van der Waals surface area (Å²) in [6, 6.07) is 2.67. The molecule has 1 N–H and O–H groups in total. The zero-order valence-corrected chi connectivity index (χ0v) is 12.4. The molecule has 3 nitrogen and oxygen atoms in total. The lowest BCUT2D eigenvalue weighted by Crippen LogP contribution is -2.15. The highest BCUT2D eigenvalue weighted by atomic mass is 16.3. The van der Waals surface area contributed by atoms with Crippen LogP contribution in [0.3, 0.4) is 0 Å². The maximum absolute atomic E-state index is 10.0.